The Morgan fingerprint density at radius 3 is 2.84 bits per heavy atom. The highest BCUT2D eigenvalue weighted by atomic mass is 16.2. The molecule has 0 radical (unpaired) electrons. The van der Waals surface area contributed by atoms with Gasteiger partial charge in [-0.15, -0.1) is 0 Å². The number of amides is 1. The zero-order chi connectivity index (χ0) is 13.8. The molecule has 0 saturated carbocycles. The lowest BCUT2D eigenvalue weighted by Gasteiger charge is -2.35. The molecule has 1 unspecified atom stereocenters. The fourth-order valence-electron chi connectivity index (χ4n) is 2.74. The van der Waals surface area contributed by atoms with Crippen molar-refractivity contribution in [3.63, 3.8) is 0 Å². The molecule has 1 heterocycles. The van der Waals surface area contributed by atoms with E-state index >= 15 is 0 Å². The van der Waals surface area contributed by atoms with Crippen LogP contribution in [0.2, 0.25) is 0 Å². The zero-order valence-corrected chi connectivity index (χ0v) is 12.1. The van der Waals surface area contributed by atoms with Crippen LogP contribution in [0.3, 0.4) is 0 Å². The Hall–Kier alpha value is -1.35. The van der Waals surface area contributed by atoms with Crippen molar-refractivity contribution < 1.29 is 4.79 Å². The van der Waals surface area contributed by atoms with Gasteiger partial charge in [0, 0.05) is 24.7 Å². The number of carbonyl (C=O) groups is 1. The Balaban J connectivity index is 2.25. The van der Waals surface area contributed by atoms with Gasteiger partial charge in [-0.25, -0.2) is 0 Å². The maximum absolute atomic E-state index is 12.3. The standard InChI is InChI=1S/C16H24N2O/c1-4-17-14-9-10-18(16(19)11-12(2)3)15-8-6-5-7-13(14)15/h5-8,12,14,17H,4,9-11H2,1-3H3. The third kappa shape index (κ3) is 3.16. The minimum absolute atomic E-state index is 0.248. The van der Waals surface area contributed by atoms with Crippen molar-refractivity contribution in [3.8, 4) is 0 Å². The first-order valence-corrected chi connectivity index (χ1v) is 7.26. The van der Waals surface area contributed by atoms with Gasteiger partial charge in [0.05, 0.1) is 0 Å². The number of hydrogen-bond donors (Lipinski definition) is 1. The van der Waals surface area contributed by atoms with Gasteiger partial charge < -0.3 is 10.2 Å². The SMILES string of the molecule is CCNC1CCN(C(=O)CC(C)C)c2ccccc21. The lowest BCUT2D eigenvalue weighted by atomic mass is 9.95. The van der Waals surface area contributed by atoms with E-state index in [0.717, 1.165) is 25.2 Å². The van der Waals surface area contributed by atoms with Crippen LogP contribution in [-0.2, 0) is 4.79 Å². The van der Waals surface area contributed by atoms with E-state index in [-0.39, 0.29) is 5.91 Å². The molecule has 0 saturated heterocycles. The maximum atomic E-state index is 12.3. The van der Waals surface area contributed by atoms with Crippen molar-refractivity contribution in [3.05, 3.63) is 29.8 Å². The molecule has 1 aliphatic rings. The minimum atomic E-state index is 0.248. The number of rotatable bonds is 4. The molecule has 2 rings (SSSR count). The number of hydrogen-bond acceptors (Lipinski definition) is 2. The highest BCUT2D eigenvalue weighted by Gasteiger charge is 2.27. The van der Waals surface area contributed by atoms with E-state index in [4.69, 9.17) is 0 Å². The topological polar surface area (TPSA) is 32.3 Å². The van der Waals surface area contributed by atoms with Crippen molar-refractivity contribution in [1.82, 2.24) is 5.32 Å². The van der Waals surface area contributed by atoms with Crippen LogP contribution in [0.25, 0.3) is 0 Å². The fraction of sp³-hybridized carbons (Fsp3) is 0.562. The lowest BCUT2D eigenvalue weighted by Crippen LogP contribution is -2.40. The second-order valence-electron chi connectivity index (χ2n) is 5.60. The molecular weight excluding hydrogens is 236 g/mol. The average Bonchev–Trinajstić information content (AvgIpc) is 2.38. The van der Waals surface area contributed by atoms with Crippen LogP contribution in [-0.4, -0.2) is 19.0 Å². The Bertz CT molecular complexity index is 442. The molecule has 3 heteroatoms. The van der Waals surface area contributed by atoms with E-state index in [2.05, 4.69) is 44.3 Å². The van der Waals surface area contributed by atoms with E-state index in [9.17, 15) is 4.79 Å². The number of anilines is 1. The molecule has 1 aromatic rings. The number of para-hydroxylation sites is 1. The predicted molar refractivity (Wildman–Crippen MR) is 79.3 cm³/mol. The van der Waals surface area contributed by atoms with Gasteiger partial charge in [-0.1, -0.05) is 39.0 Å². The molecule has 0 aliphatic carbocycles. The molecule has 0 spiro atoms. The molecule has 1 aromatic carbocycles. The molecular formula is C16H24N2O. The lowest BCUT2D eigenvalue weighted by molar-refractivity contribution is -0.119. The van der Waals surface area contributed by atoms with Crippen molar-refractivity contribution in [1.29, 1.82) is 0 Å². The van der Waals surface area contributed by atoms with Gasteiger partial charge in [0.1, 0.15) is 0 Å². The number of carbonyl (C=O) groups excluding carboxylic acids is 1. The van der Waals surface area contributed by atoms with E-state index in [1.54, 1.807) is 0 Å². The summed E-state index contributed by atoms with van der Waals surface area (Å²) in [6.45, 7) is 8.09. The minimum Gasteiger partial charge on any atom is -0.312 e. The van der Waals surface area contributed by atoms with Gasteiger partial charge in [-0.3, -0.25) is 4.79 Å². The first-order valence-electron chi connectivity index (χ1n) is 7.26. The van der Waals surface area contributed by atoms with E-state index < -0.39 is 0 Å². The van der Waals surface area contributed by atoms with Gasteiger partial charge in [0.15, 0.2) is 0 Å². The molecule has 1 amide bonds. The summed E-state index contributed by atoms with van der Waals surface area (Å²) in [5.74, 6) is 0.656. The molecule has 0 bridgehead atoms. The van der Waals surface area contributed by atoms with Gasteiger partial charge in [0.2, 0.25) is 5.91 Å². The van der Waals surface area contributed by atoms with Gasteiger partial charge >= 0.3 is 0 Å². The second kappa shape index (κ2) is 6.20. The number of benzene rings is 1. The van der Waals surface area contributed by atoms with Gasteiger partial charge in [-0.05, 0) is 30.5 Å². The molecule has 0 aromatic heterocycles. The van der Waals surface area contributed by atoms with Crippen molar-refractivity contribution in [2.24, 2.45) is 5.92 Å². The fourth-order valence-corrected chi connectivity index (χ4v) is 2.74. The summed E-state index contributed by atoms with van der Waals surface area (Å²) >= 11 is 0. The molecule has 3 nitrogen and oxygen atoms in total. The van der Waals surface area contributed by atoms with E-state index in [0.29, 0.717) is 18.4 Å². The van der Waals surface area contributed by atoms with Crippen molar-refractivity contribution in [2.75, 3.05) is 18.0 Å². The van der Waals surface area contributed by atoms with Crippen LogP contribution in [0.5, 0.6) is 0 Å². The van der Waals surface area contributed by atoms with Crippen molar-refractivity contribution >= 4 is 11.6 Å². The molecule has 1 aliphatic heterocycles. The largest absolute Gasteiger partial charge is 0.312 e. The molecule has 0 fully saturated rings. The summed E-state index contributed by atoms with van der Waals surface area (Å²) in [5.41, 5.74) is 2.35. The van der Waals surface area contributed by atoms with Crippen LogP contribution in [0.4, 0.5) is 5.69 Å². The predicted octanol–water partition coefficient (Wildman–Crippen LogP) is 3.12. The molecule has 1 atom stereocenters. The smallest absolute Gasteiger partial charge is 0.227 e. The monoisotopic (exact) mass is 260 g/mol. The summed E-state index contributed by atoms with van der Waals surface area (Å²) < 4.78 is 0. The van der Waals surface area contributed by atoms with Crippen LogP contribution >= 0.6 is 0 Å². The van der Waals surface area contributed by atoms with E-state index in [1.165, 1.54) is 5.56 Å². The average molecular weight is 260 g/mol. The molecule has 19 heavy (non-hydrogen) atoms. The number of nitrogens with zero attached hydrogens (tertiary/aromatic N) is 1. The summed E-state index contributed by atoms with van der Waals surface area (Å²) in [7, 11) is 0. The summed E-state index contributed by atoms with van der Waals surface area (Å²) in [4.78, 5) is 14.3. The Kier molecular flexibility index (Phi) is 4.59. The maximum Gasteiger partial charge on any atom is 0.227 e. The summed E-state index contributed by atoms with van der Waals surface area (Å²) in [5, 5.41) is 3.50. The van der Waals surface area contributed by atoms with Crippen LogP contribution in [0.15, 0.2) is 24.3 Å². The number of nitrogens with one attached hydrogen (secondary N) is 1. The first-order chi connectivity index (χ1) is 9.13. The normalized spacial score (nSPS) is 18.5. The quantitative estimate of drug-likeness (QED) is 0.902. The van der Waals surface area contributed by atoms with Gasteiger partial charge in [0.25, 0.3) is 0 Å². The second-order valence-corrected chi connectivity index (χ2v) is 5.60. The van der Waals surface area contributed by atoms with Crippen molar-refractivity contribution in [2.45, 2.75) is 39.7 Å². The van der Waals surface area contributed by atoms with Crippen LogP contribution in [0.1, 0.15) is 45.2 Å². The molecule has 1 N–H and O–H groups in total. The third-order valence-electron chi connectivity index (χ3n) is 3.58. The van der Waals surface area contributed by atoms with E-state index in [1.807, 2.05) is 11.0 Å². The molecule has 104 valence electrons. The van der Waals surface area contributed by atoms with Gasteiger partial charge in [-0.2, -0.15) is 0 Å². The highest BCUT2D eigenvalue weighted by Crippen LogP contribution is 2.34. The Labute approximate surface area is 116 Å². The summed E-state index contributed by atoms with van der Waals surface area (Å²) in [6.07, 6.45) is 1.62. The summed E-state index contributed by atoms with van der Waals surface area (Å²) in [6, 6.07) is 8.65. The third-order valence-corrected chi connectivity index (χ3v) is 3.58. The van der Waals surface area contributed by atoms with Crippen LogP contribution < -0.4 is 10.2 Å². The Morgan fingerprint density at radius 2 is 2.16 bits per heavy atom. The highest BCUT2D eigenvalue weighted by molar-refractivity contribution is 5.94. The first kappa shape index (κ1) is 14.1. The Morgan fingerprint density at radius 1 is 1.42 bits per heavy atom. The van der Waals surface area contributed by atoms with Crippen LogP contribution in [0, 0.1) is 5.92 Å². The zero-order valence-electron chi connectivity index (χ0n) is 12.1. The number of fused-ring (bicyclic) bond motifs is 1.